The number of benzene rings is 1. The highest BCUT2D eigenvalue weighted by atomic mass is 79.9. The SMILES string of the molecule is Fc1ccc(Cl)c2scc(CBr)c12. The van der Waals surface area contributed by atoms with Crippen LogP contribution in [0.1, 0.15) is 5.56 Å². The zero-order valence-corrected chi connectivity index (χ0v) is 9.64. The van der Waals surface area contributed by atoms with Gasteiger partial charge >= 0.3 is 0 Å². The molecule has 2 aromatic rings. The summed E-state index contributed by atoms with van der Waals surface area (Å²) in [6.45, 7) is 0. The van der Waals surface area contributed by atoms with E-state index in [1.54, 1.807) is 6.07 Å². The van der Waals surface area contributed by atoms with Crippen LogP contribution in [0.2, 0.25) is 5.02 Å². The lowest BCUT2D eigenvalue weighted by Gasteiger charge is -1.97. The first-order valence-corrected chi connectivity index (χ1v) is 6.02. The molecule has 0 nitrogen and oxygen atoms in total. The van der Waals surface area contributed by atoms with Crippen LogP contribution in [0.4, 0.5) is 4.39 Å². The van der Waals surface area contributed by atoms with Crippen LogP contribution in [0.3, 0.4) is 0 Å². The van der Waals surface area contributed by atoms with E-state index in [1.807, 2.05) is 5.38 Å². The molecule has 0 saturated carbocycles. The second kappa shape index (κ2) is 3.56. The second-order valence-corrected chi connectivity index (χ2v) is 4.48. The minimum Gasteiger partial charge on any atom is -0.206 e. The van der Waals surface area contributed by atoms with Crippen LogP contribution >= 0.6 is 38.9 Å². The highest BCUT2D eigenvalue weighted by molar-refractivity contribution is 9.08. The van der Waals surface area contributed by atoms with Gasteiger partial charge in [-0.05, 0) is 23.1 Å². The molecule has 68 valence electrons. The van der Waals surface area contributed by atoms with Crippen molar-refractivity contribution in [1.29, 1.82) is 0 Å². The first-order valence-electron chi connectivity index (χ1n) is 3.64. The molecule has 13 heavy (non-hydrogen) atoms. The lowest BCUT2D eigenvalue weighted by atomic mass is 10.2. The van der Waals surface area contributed by atoms with E-state index < -0.39 is 0 Å². The predicted molar refractivity (Wildman–Crippen MR) is 59.4 cm³/mol. The molecule has 0 spiro atoms. The Morgan fingerprint density at radius 1 is 1.46 bits per heavy atom. The van der Waals surface area contributed by atoms with Gasteiger partial charge in [0.1, 0.15) is 5.82 Å². The molecule has 0 fully saturated rings. The third kappa shape index (κ3) is 1.49. The molecule has 0 aliphatic rings. The first-order chi connectivity index (χ1) is 6.24. The Balaban J connectivity index is 2.87. The molecule has 0 bridgehead atoms. The zero-order chi connectivity index (χ0) is 9.42. The number of thiophene rings is 1. The number of hydrogen-bond acceptors (Lipinski definition) is 1. The van der Waals surface area contributed by atoms with Crippen LogP contribution < -0.4 is 0 Å². The summed E-state index contributed by atoms with van der Waals surface area (Å²) >= 11 is 10.7. The monoisotopic (exact) mass is 278 g/mol. The average molecular weight is 280 g/mol. The van der Waals surface area contributed by atoms with E-state index >= 15 is 0 Å². The molecule has 2 rings (SSSR count). The third-order valence-electron chi connectivity index (χ3n) is 1.84. The third-order valence-corrected chi connectivity index (χ3v) is 3.94. The van der Waals surface area contributed by atoms with Gasteiger partial charge in [-0.25, -0.2) is 4.39 Å². The van der Waals surface area contributed by atoms with Gasteiger partial charge in [-0.3, -0.25) is 0 Å². The van der Waals surface area contributed by atoms with E-state index in [2.05, 4.69) is 15.9 Å². The molecule has 1 aromatic carbocycles. The Bertz CT molecular complexity index is 452. The summed E-state index contributed by atoms with van der Waals surface area (Å²) in [5.41, 5.74) is 0.958. The van der Waals surface area contributed by atoms with Gasteiger partial charge in [-0.1, -0.05) is 27.5 Å². The highest BCUT2D eigenvalue weighted by Crippen LogP contribution is 2.34. The summed E-state index contributed by atoms with van der Waals surface area (Å²) in [6.07, 6.45) is 0. The Labute approximate surface area is 92.5 Å². The molecule has 4 heteroatoms. The van der Waals surface area contributed by atoms with E-state index in [1.165, 1.54) is 17.4 Å². The second-order valence-electron chi connectivity index (χ2n) is 2.63. The van der Waals surface area contributed by atoms with Crippen LogP contribution in [0.5, 0.6) is 0 Å². The van der Waals surface area contributed by atoms with Crippen LogP contribution in [0, 0.1) is 5.82 Å². The minimum atomic E-state index is -0.199. The molecule has 1 heterocycles. The molecule has 0 atom stereocenters. The largest absolute Gasteiger partial charge is 0.206 e. The average Bonchev–Trinajstić information content (AvgIpc) is 2.56. The summed E-state index contributed by atoms with van der Waals surface area (Å²) in [4.78, 5) is 0. The van der Waals surface area contributed by atoms with Crippen LogP contribution in [0.15, 0.2) is 17.5 Å². The fourth-order valence-corrected chi connectivity index (χ4v) is 3.17. The standard InChI is InChI=1S/C9H5BrClFS/c10-3-5-4-13-9-6(11)1-2-7(12)8(5)9/h1-2,4H,3H2. The van der Waals surface area contributed by atoms with Crippen LogP contribution in [-0.2, 0) is 5.33 Å². The molecule has 0 aliphatic carbocycles. The Kier molecular flexibility index (Phi) is 2.58. The van der Waals surface area contributed by atoms with Gasteiger partial charge in [0.25, 0.3) is 0 Å². The van der Waals surface area contributed by atoms with Crippen molar-refractivity contribution in [2.24, 2.45) is 0 Å². The normalized spacial score (nSPS) is 11.0. The fourth-order valence-electron chi connectivity index (χ4n) is 1.23. The van der Waals surface area contributed by atoms with Crippen molar-refractivity contribution < 1.29 is 4.39 Å². The van der Waals surface area contributed by atoms with E-state index in [9.17, 15) is 4.39 Å². The molecule has 0 saturated heterocycles. The summed E-state index contributed by atoms with van der Waals surface area (Å²) in [6, 6.07) is 3.00. The molecule has 0 amide bonds. The first kappa shape index (κ1) is 9.44. The van der Waals surface area contributed by atoms with Crippen molar-refractivity contribution >= 4 is 49.0 Å². The Morgan fingerprint density at radius 2 is 2.23 bits per heavy atom. The van der Waals surface area contributed by atoms with Gasteiger partial charge in [0.2, 0.25) is 0 Å². The van der Waals surface area contributed by atoms with Gasteiger partial charge in [0.05, 0.1) is 9.72 Å². The molecule has 1 aromatic heterocycles. The molecule has 0 radical (unpaired) electrons. The zero-order valence-electron chi connectivity index (χ0n) is 6.48. The van der Waals surface area contributed by atoms with Crippen molar-refractivity contribution in [2.75, 3.05) is 0 Å². The highest BCUT2D eigenvalue weighted by Gasteiger charge is 2.10. The minimum absolute atomic E-state index is 0.199. The van der Waals surface area contributed by atoms with E-state index in [-0.39, 0.29) is 5.82 Å². The molecule has 0 N–H and O–H groups in total. The maximum Gasteiger partial charge on any atom is 0.132 e. The van der Waals surface area contributed by atoms with Gasteiger partial charge in [-0.15, -0.1) is 11.3 Å². The molecule has 0 aliphatic heterocycles. The van der Waals surface area contributed by atoms with E-state index in [0.717, 1.165) is 10.3 Å². The fraction of sp³-hybridized carbons (Fsp3) is 0.111. The number of alkyl halides is 1. The number of rotatable bonds is 1. The van der Waals surface area contributed by atoms with E-state index in [4.69, 9.17) is 11.6 Å². The van der Waals surface area contributed by atoms with Gasteiger partial charge in [-0.2, -0.15) is 0 Å². The van der Waals surface area contributed by atoms with Crippen molar-refractivity contribution in [3.8, 4) is 0 Å². The quantitative estimate of drug-likeness (QED) is 0.670. The maximum absolute atomic E-state index is 13.4. The summed E-state index contributed by atoms with van der Waals surface area (Å²) < 4.78 is 14.2. The van der Waals surface area contributed by atoms with Crippen molar-refractivity contribution in [1.82, 2.24) is 0 Å². The predicted octanol–water partition coefficient (Wildman–Crippen LogP) is 4.59. The number of halogens is 3. The van der Waals surface area contributed by atoms with Crippen molar-refractivity contribution in [3.63, 3.8) is 0 Å². The Hall–Kier alpha value is -0.120. The molecule has 0 unspecified atom stereocenters. The van der Waals surface area contributed by atoms with Crippen molar-refractivity contribution in [3.05, 3.63) is 33.9 Å². The van der Waals surface area contributed by atoms with Gasteiger partial charge in [0, 0.05) is 10.7 Å². The summed E-state index contributed by atoms with van der Waals surface area (Å²) in [5, 5.41) is 3.85. The maximum atomic E-state index is 13.4. The summed E-state index contributed by atoms with van der Waals surface area (Å²) in [7, 11) is 0. The summed E-state index contributed by atoms with van der Waals surface area (Å²) in [5.74, 6) is -0.199. The van der Waals surface area contributed by atoms with Crippen LogP contribution in [0.25, 0.3) is 10.1 Å². The topological polar surface area (TPSA) is 0 Å². The van der Waals surface area contributed by atoms with Crippen molar-refractivity contribution in [2.45, 2.75) is 5.33 Å². The van der Waals surface area contributed by atoms with E-state index in [0.29, 0.717) is 15.7 Å². The number of fused-ring (bicyclic) bond motifs is 1. The van der Waals surface area contributed by atoms with Gasteiger partial charge in [0.15, 0.2) is 0 Å². The van der Waals surface area contributed by atoms with Crippen LogP contribution in [-0.4, -0.2) is 0 Å². The number of hydrogen-bond donors (Lipinski definition) is 0. The lowest BCUT2D eigenvalue weighted by molar-refractivity contribution is 0.639. The Morgan fingerprint density at radius 3 is 2.92 bits per heavy atom. The van der Waals surface area contributed by atoms with Gasteiger partial charge < -0.3 is 0 Å². The smallest absolute Gasteiger partial charge is 0.132 e. The molecular formula is C9H5BrClFS. The lowest BCUT2D eigenvalue weighted by Crippen LogP contribution is -1.79. The molecular weight excluding hydrogens is 275 g/mol.